The van der Waals surface area contributed by atoms with Gasteiger partial charge >= 0.3 is 5.97 Å². The highest BCUT2D eigenvalue weighted by Crippen LogP contribution is 2.28. The lowest BCUT2D eigenvalue weighted by Crippen LogP contribution is -2.10. The van der Waals surface area contributed by atoms with Crippen molar-refractivity contribution >= 4 is 34.6 Å². The maximum absolute atomic E-state index is 12.9. The first kappa shape index (κ1) is 20.1. The molecule has 5 nitrogen and oxygen atoms in total. The summed E-state index contributed by atoms with van der Waals surface area (Å²) in [4.78, 5) is 25.3. The van der Waals surface area contributed by atoms with Crippen LogP contribution in [0.5, 0.6) is 5.75 Å². The van der Waals surface area contributed by atoms with Gasteiger partial charge in [0.15, 0.2) is 0 Å². The Morgan fingerprint density at radius 3 is 2.48 bits per heavy atom. The Labute approximate surface area is 182 Å². The van der Waals surface area contributed by atoms with E-state index in [0.717, 1.165) is 0 Å². The zero-order chi connectivity index (χ0) is 21.8. The topological polar surface area (TPSA) is 80.3 Å². The molecular weight excluding hydrogens is 414 g/mol. The fourth-order valence-corrected chi connectivity index (χ4v) is 3.29. The van der Waals surface area contributed by atoms with E-state index in [-0.39, 0.29) is 22.3 Å². The van der Waals surface area contributed by atoms with Crippen LogP contribution < -0.4 is 10.2 Å². The molecule has 0 fully saturated rings. The molecule has 0 spiro atoms. The minimum atomic E-state index is -0.805. The molecule has 0 amide bonds. The number of nitriles is 1. The van der Waals surface area contributed by atoms with Gasteiger partial charge in [0.1, 0.15) is 29.2 Å². The molecule has 3 aromatic carbocycles. The Bertz CT molecular complexity index is 1420. The van der Waals surface area contributed by atoms with Gasteiger partial charge in [-0.2, -0.15) is 5.26 Å². The first-order valence-corrected chi connectivity index (χ1v) is 9.64. The number of nitrogens with zero attached hydrogens (tertiary/aromatic N) is 1. The summed E-state index contributed by atoms with van der Waals surface area (Å²) < 4.78 is 10.9. The number of carbonyl (C=O) groups is 1. The van der Waals surface area contributed by atoms with Crippen molar-refractivity contribution in [3.05, 3.63) is 105 Å². The van der Waals surface area contributed by atoms with Crippen molar-refractivity contribution in [3.8, 4) is 22.9 Å². The van der Waals surface area contributed by atoms with Gasteiger partial charge in [0, 0.05) is 16.7 Å². The fraction of sp³-hybridized carbons (Fsp3) is 0. The van der Waals surface area contributed by atoms with Gasteiger partial charge in [0.25, 0.3) is 0 Å². The second-order valence-corrected chi connectivity index (χ2v) is 6.99. The van der Waals surface area contributed by atoms with Crippen molar-refractivity contribution in [1.82, 2.24) is 0 Å². The summed E-state index contributed by atoms with van der Waals surface area (Å²) in [5, 5.41) is 10.1. The van der Waals surface area contributed by atoms with Crippen LogP contribution in [0, 0.1) is 11.3 Å². The third-order valence-corrected chi connectivity index (χ3v) is 4.90. The molecular formula is C25H14ClNO4. The molecule has 0 aliphatic carbocycles. The molecule has 1 aromatic heterocycles. The lowest BCUT2D eigenvalue weighted by Gasteiger charge is -2.07. The van der Waals surface area contributed by atoms with Crippen LogP contribution in [0.15, 0.2) is 93.8 Å². The smallest absolute Gasteiger partial charge is 0.354 e. The third-order valence-electron chi connectivity index (χ3n) is 4.57. The number of hydrogen-bond donors (Lipinski definition) is 0. The SMILES string of the molecule is N#CC(=Cc1ccccc1)C(=O)Oc1ccc2c(=O)c(-c3ccccc3Cl)coc2c1. The molecule has 0 aliphatic heterocycles. The van der Waals surface area contributed by atoms with Crippen LogP contribution in [0.3, 0.4) is 0 Å². The van der Waals surface area contributed by atoms with Crippen molar-refractivity contribution in [3.63, 3.8) is 0 Å². The number of fused-ring (bicyclic) bond motifs is 1. The van der Waals surface area contributed by atoms with Gasteiger partial charge in [-0.1, -0.05) is 60.1 Å². The van der Waals surface area contributed by atoms with E-state index in [1.807, 2.05) is 12.1 Å². The minimum Gasteiger partial charge on any atom is -0.463 e. The molecule has 0 saturated carbocycles. The van der Waals surface area contributed by atoms with E-state index < -0.39 is 5.97 Å². The second kappa shape index (κ2) is 8.70. The maximum Gasteiger partial charge on any atom is 0.354 e. The van der Waals surface area contributed by atoms with E-state index in [9.17, 15) is 14.9 Å². The van der Waals surface area contributed by atoms with Crippen LogP contribution in [0.2, 0.25) is 5.02 Å². The van der Waals surface area contributed by atoms with Crippen molar-refractivity contribution in [2.24, 2.45) is 0 Å². The number of rotatable bonds is 4. The summed E-state index contributed by atoms with van der Waals surface area (Å²) in [5.74, 6) is -0.652. The molecule has 150 valence electrons. The first-order valence-electron chi connectivity index (χ1n) is 9.26. The average Bonchev–Trinajstić information content (AvgIpc) is 2.79. The predicted molar refractivity (Wildman–Crippen MR) is 119 cm³/mol. The number of hydrogen-bond acceptors (Lipinski definition) is 5. The molecule has 0 unspecified atom stereocenters. The monoisotopic (exact) mass is 427 g/mol. The lowest BCUT2D eigenvalue weighted by atomic mass is 10.1. The van der Waals surface area contributed by atoms with E-state index in [1.54, 1.807) is 48.5 Å². The molecule has 0 N–H and O–H groups in total. The summed E-state index contributed by atoms with van der Waals surface area (Å²) >= 11 is 6.20. The Morgan fingerprint density at radius 1 is 1.00 bits per heavy atom. The molecule has 0 radical (unpaired) electrons. The van der Waals surface area contributed by atoms with Crippen LogP contribution in [0.1, 0.15) is 5.56 Å². The van der Waals surface area contributed by atoms with Gasteiger partial charge in [-0.25, -0.2) is 4.79 Å². The number of halogens is 1. The highest BCUT2D eigenvalue weighted by atomic mass is 35.5. The molecule has 4 aromatic rings. The predicted octanol–water partition coefficient (Wildman–Crippen LogP) is 5.63. The fourth-order valence-electron chi connectivity index (χ4n) is 3.05. The first-order chi connectivity index (χ1) is 15.1. The largest absolute Gasteiger partial charge is 0.463 e. The van der Waals surface area contributed by atoms with Gasteiger partial charge in [0.05, 0.1) is 10.9 Å². The van der Waals surface area contributed by atoms with Gasteiger partial charge < -0.3 is 9.15 Å². The number of esters is 1. The summed E-state index contributed by atoms with van der Waals surface area (Å²) in [5.41, 5.74) is 1.44. The zero-order valence-corrected chi connectivity index (χ0v) is 16.8. The molecule has 0 aliphatic rings. The van der Waals surface area contributed by atoms with Gasteiger partial charge in [-0.3, -0.25) is 4.79 Å². The third kappa shape index (κ3) is 4.25. The maximum atomic E-state index is 12.9. The summed E-state index contributed by atoms with van der Waals surface area (Å²) in [7, 11) is 0. The Morgan fingerprint density at radius 2 is 1.74 bits per heavy atom. The van der Waals surface area contributed by atoms with E-state index in [2.05, 4.69) is 0 Å². The molecule has 31 heavy (non-hydrogen) atoms. The Hall–Kier alpha value is -4.14. The molecule has 0 bridgehead atoms. The highest BCUT2D eigenvalue weighted by molar-refractivity contribution is 6.33. The van der Waals surface area contributed by atoms with Gasteiger partial charge in [-0.15, -0.1) is 0 Å². The highest BCUT2D eigenvalue weighted by Gasteiger charge is 2.15. The number of ether oxygens (including phenoxy) is 1. The summed E-state index contributed by atoms with van der Waals surface area (Å²) in [6.07, 6.45) is 2.77. The molecule has 4 rings (SSSR count). The van der Waals surface area contributed by atoms with Crippen molar-refractivity contribution < 1.29 is 13.9 Å². The zero-order valence-electron chi connectivity index (χ0n) is 16.0. The van der Waals surface area contributed by atoms with Crippen LogP contribution in [0.25, 0.3) is 28.2 Å². The molecule has 6 heteroatoms. The summed E-state index contributed by atoms with van der Waals surface area (Å²) in [6.45, 7) is 0. The van der Waals surface area contributed by atoms with Crippen LogP contribution >= 0.6 is 11.6 Å². The normalized spacial score (nSPS) is 11.2. The van der Waals surface area contributed by atoms with Crippen LogP contribution in [-0.2, 0) is 4.79 Å². The van der Waals surface area contributed by atoms with Crippen molar-refractivity contribution in [1.29, 1.82) is 5.26 Å². The van der Waals surface area contributed by atoms with Gasteiger partial charge in [-0.05, 0) is 29.8 Å². The van der Waals surface area contributed by atoms with E-state index in [1.165, 1.54) is 30.5 Å². The Kier molecular flexibility index (Phi) is 5.65. The van der Waals surface area contributed by atoms with Crippen LogP contribution in [0.4, 0.5) is 0 Å². The van der Waals surface area contributed by atoms with Crippen molar-refractivity contribution in [2.45, 2.75) is 0 Å². The van der Waals surface area contributed by atoms with E-state index >= 15 is 0 Å². The van der Waals surface area contributed by atoms with Gasteiger partial charge in [0.2, 0.25) is 5.43 Å². The molecule has 0 atom stereocenters. The van der Waals surface area contributed by atoms with Crippen LogP contribution in [-0.4, -0.2) is 5.97 Å². The number of carbonyl (C=O) groups excluding carboxylic acids is 1. The molecule has 0 saturated heterocycles. The van der Waals surface area contributed by atoms with E-state index in [0.29, 0.717) is 27.1 Å². The quantitative estimate of drug-likeness (QED) is 0.182. The lowest BCUT2D eigenvalue weighted by molar-refractivity contribution is -0.129. The van der Waals surface area contributed by atoms with Crippen molar-refractivity contribution in [2.75, 3.05) is 0 Å². The van der Waals surface area contributed by atoms with E-state index in [4.69, 9.17) is 20.8 Å². The summed E-state index contributed by atoms with van der Waals surface area (Å²) in [6, 6.07) is 22.2. The minimum absolute atomic E-state index is 0.151. The molecule has 1 heterocycles. The average molecular weight is 428 g/mol. The standard InChI is InChI=1S/C25H14ClNO4/c26-22-9-5-4-8-19(22)21-15-30-23-13-18(10-11-20(23)24(21)28)31-25(29)17(14-27)12-16-6-2-1-3-7-16/h1-13,15H. The Balaban J connectivity index is 1.64. The number of benzene rings is 3. The second-order valence-electron chi connectivity index (χ2n) is 6.59.